The maximum atomic E-state index is 13.4. The van der Waals surface area contributed by atoms with Crippen LogP contribution in [0.1, 0.15) is 77.1 Å². The third kappa shape index (κ3) is 6.30. The Balaban J connectivity index is 1.29. The van der Waals surface area contributed by atoms with Crippen molar-refractivity contribution in [1.82, 2.24) is 19.9 Å². The summed E-state index contributed by atoms with van der Waals surface area (Å²) < 4.78 is 17.8. The minimum Gasteiger partial charge on any atom is -0.493 e. The van der Waals surface area contributed by atoms with Crippen LogP contribution < -0.4 is 4.74 Å². The molecule has 1 aromatic heterocycles. The second-order valence-electron chi connectivity index (χ2n) is 11.7. The Bertz CT molecular complexity index is 1150. The number of hydrogen-bond acceptors (Lipinski definition) is 7. The van der Waals surface area contributed by atoms with Crippen LogP contribution in [0.25, 0.3) is 0 Å². The number of carbonyl (C=O) groups excluding carboxylic acids is 2. The lowest BCUT2D eigenvalue weighted by Gasteiger charge is -2.41. The number of aromatic nitrogens is 1. The first-order valence-corrected chi connectivity index (χ1v) is 14.4. The monoisotopic (exact) mass is 538 g/mol. The molecule has 9 heteroatoms. The molecule has 0 unspecified atom stereocenters. The molecular weight excluding hydrogens is 496 g/mol. The van der Waals surface area contributed by atoms with Gasteiger partial charge in [0.25, 0.3) is 11.8 Å². The standard InChI is InChI=1S/C30H42N4O5/c1-22-26(19-32(2)3)27(31-39-22)29(36)33-15-12-30(13-16-33)11-4-5-17-37-20-24-9-7-14-34(24)28(35)23-8-6-10-25(18-23)38-21-30/h6,8,10,18,24H,4-5,7,9,11-17,19-21H2,1-3H3/t24-/m0/s1. The van der Waals surface area contributed by atoms with E-state index in [9.17, 15) is 9.59 Å². The fourth-order valence-electron chi connectivity index (χ4n) is 6.18. The smallest absolute Gasteiger partial charge is 0.276 e. The van der Waals surface area contributed by atoms with Gasteiger partial charge in [-0.1, -0.05) is 17.6 Å². The topological polar surface area (TPSA) is 88.4 Å². The van der Waals surface area contributed by atoms with Crippen molar-refractivity contribution in [1.29, 1.82) is 0 Å². The van der Waals surface area contributed by atoms with Crippen LogP contribution in [0.2, 0.25) is 0 Å². The van der Waals surface area contributed by atoms with Crippen molar-refractivity contribution >= 4 is 11.8 Å². The van der Waals surface area contributed by atoms with Crippen molar-refractivity contribution in [2.24, 2.45) is 5.41 Å². The number of likely N-dealkylation sites (tertiary alicyclic amines) is 1. The van der Waals surface area contributed by atoms with Gasteiger partial charge in [0.05, 0.1) is 19.3 Å². The maximum absolute atomic E-state index is 13.4. The molecule has 9 nitrogen and oxygen atoms in total. The van der Waals surface area contributed by atoms with Crippen molar-refractivity contribution in [3.05, 3.63) is 46.8 Å². The Morgan fingerprint density at radius 2 is 1.95 bits per heavy atom. The predicted octanol–water partition coefficient (Wildman–Crippen LogP) is 4.15. The number of fused-ring (bicyclic) bond motifs is 3. The van der Waals surface area contributed by atoms with Crippen LogP contribution in [0.4, 0.5) is 0 Å². The first kappa shape index (κ1) is 27.6. The van der Waals surface area contributed by atoms with E-state index in [-0.39, 0.29) is 23.3 Å². The summed E-state index contributed by atoms with van der Waals surface area (Å²) >= 11 is 0. The molecule has 2 fully saturated rings. The maximum Gasteiger partial charge on any atom is 0.276 e. The lowest BCUT2D eigenvalue weighted by Crippen LogP contribution is -2.46. The molecule has 39 heavy (non-hydrogen) atoms. The highest BCUT2D eigenvalue weighted by atomic mass is 16.5. The van der Waals surface area contributed by atoms with Crippen molar-refractivity contribution in [3.63, 3.8) is 0 Å². The summed E-state index contributed by atoms with van der Waals surface area (Å²) in [7, 11) is 3.95. The number of carbonyl (C=O) groups is 2. The fourth-order valence-corrected chi connectivity index (χ4v) is 6.18. The zero-order valence-electron chi connectivity index (χ0n) is 23.6. The van der Waals surface area contributed by atoms with Crippen LogP contribution in [0.15, 0.2) is 28.8 Å². The number of rotatable bonds is 3. The second-order valence-corrected chi connectivity index (χ2v) is 11.7. The van der Waals surface area contributed by atoms with Crippen LogP contribution in [-0.4, -0.2) is 91.3 Å². The SMILES string of the molecule is Cc1onc(C(=O)N2CCC3(CCCCOC[C@@H]4CCCN4C(=O)c4cccc(c4)OC3)CC2)c1CN(C)C. The molecule has 2 saturated heterocycles. The molecule has 0 aliphatic carbocycles. The van der Waals surface area contributed by atoms with Gasteiger partial charge in [0.2, 0.25) is 0 Å². The number of piperidine rings is 1. The zero-order chi connectivity index (χ0) is 27.4. The summed E-state index contributed by atoms with van der Waals surface area (Å²) in [6.45, 7) is 6.43. The van der Waals surface area contributed by atoms with Gasteiger partial charge in [-0.15, -0.1) is 0 Å². The molecule has 1 spiro atoms. The first-order chi connectivity index (χ1) is 18.8. The molecule has 1 aromatic carbocycles. The number of nitrogens with zero attached hydrogens (tertiary/aromatic N) is 4. The van der Waals surface area contributed by atoms with E-state index < -0.39 is 0 Å². The molecule has 212 valence electrons. The third-order valence-corrected chi connectivity index (χ3v) is 8.59. The van der Waals surface area contributed by atoms with Crippen molar-refractivity contribution in [2.45, 2.75) is 64.5 Å². The highest BCUT2D eigenvalue weighted by molar-refractivity contribution is 5.95. The molecule has 3 aliphatic heterocycles. The van der Waals surface area contributed by atoms with Crippen LogP contribution in [0.3, 0.4) is 0 Å². The molecule has 2 aromatic rings. The number of amides is 2. The average Bonchev–Trinajstić information content (AvgIpc) is 3.55. The molecule has 0 N–H and O–H groups in total. The van der Waals surface area contributed by atoms with Gasteiger partial charge in [0.1, 0.15) is 11.5 Å². The van der Waals surface area contributed by atoms with Gasteiger partial charge in [0.15, 0.2) is 5.69 Å². The quantitative estimate of drug-likeness (QED) is 0.580. The largest absolute Gasteiger partial charge is 0.493 e. The Kier molecular flexibility index (Phi) is 8.57. The van der Waals surface area contributed by atoms with Crippen LogP contribution in [-0.2, 0) is 11.3 Å². The molecule has 3 aliphatic rings. The van der Waals surface area contributed by atoms with E-state index in [0.717, 1.165) is 62.8 Å². The molecule has 2 amide bonds. The molecule has 4 heterocycles. The minimum atomic E-state index is -0.0585. The summed E-state index contributed by atoms with van der Waals surface area (Å²) in [5, 5.41) is 4.12. The predicted molar refractivity (Wildman–Crippen MR) is 147 cm³/mol. The van der Waals surface area contributed by atoms with E-state index >= 15 is 0 Å². The summed E-state index contributed by atoms with van der Waals surface area (Å²) in [6.07, 6.45) is 6.75. The first-order valence-electron chi connectivity index (χ1n) is 14.4. The number of benzene rings is 1. The van der Waals surface area contributed by atoms with E-state index in [4.69, 9.17) is 14.0 Å². The van der Waals surface area contributed by atoms with Crippen molar-refractivity contribution in [2.75, 3.05) is 53.6 Å². The van der Waals surface area contributed by atoms with Gasteiger partial charge in [-0.3, -0.25) is 9.59 Å². The summed E-state index contributed by atoms with van der Waals surface area (Å²) in [5.74, 6) is 1.42. The van der Waals surface area contributed by atoms with Crippen molar-refractivity contribution in [3.8, 4) is 5.75 Å². The molecular formula is C30H42N4O5. The highest BCUT2D eigenvalue weighted by Gasteiger charge is 2.38. The van der Waals surface area contributed by atoms with Crippen molar-refractivity contribution < 1.29 is 23.6 Å². The molecule has 2 bridgehead atoms. The highest BCUT2D eigenvalue weighted by Crippen LogP contribution is 2.38. The molecule has 5 rings (SSSR count). The summed E-state index contributed by atoms with van der Waals surface area (Å²) in [6, 6.07) is 7.74. The molecule has 1 atom stereocenters. The van der Waals surface area contributed by atoms with E-state index in [1.54, 1.807) is 0 Å². The fraction of sp³-hybridized carbons (Fsp3) is 0.633. The van der Waals surface area contributed by atoms with E-state index in [2.05, 4.69) is 5.16 Å². The van der Waals surface area contributed by atoms with Crippen LogP contribution in [0, 0.1) is 12.3 Å². The Morgan fingerprint density at radius 1 is 1.13 bits per heavy atom. The minimum absolute atomic E-state index is 0.0385. The molecule has 0 saturated carbocycles. The number of hydrogen-bond donors (Lipinski definition) is 0. The van der Waals surface area contributed by atoms with E-state index in [0.29, 0.717) is 56.5 Å². The average molecular weight is 539 g/mol. The van der Waals surface area contributed by atoms with Gasteiger partial charge in [-0.25, -0.2) is 0 Å². The Labute approximate surface area is 231 Å². The third-order valence-electron chi connectivity index (χ3n) is 8.59. The number of aryl methyl sites for hydroxylation is 1. The van der Waals surface area contributed by atoms with Crippen LogP contribution >= 0.6 is 0 Å². The Hall–Kier alpha value is -2.91. The van der Waals surface area contributed by atoms with Gasteiger partial charge in [0, 0.05) is 49.3 Å². The summed E-state index contributed by atoms with van der Waals surface area (Å²) in [4.78, 5) is 32.6. The zero-order valence-corrected chi connectivity index (χ0v) is 23.6. The summed E-state index contributed by atoms with van der Waals surface area (Å²) in [5.41, 5.74) is 1.91. The van der Waals surface area contributed by atoms with Gasteiger partial charge >= 0.3 is 0 Å². The second kappa shape index (κ2) is 12.1. The molecule has 0 radical (unpaired) electrons. The Morgan fingerprint density at radius 3 is 2.74 bits per heavy atom. The van der Waals surface area contributed by atoms with Gasteiger partial charge in [-0.2, -0.15) is 0 Å². The van der Waals surface area contributed by atoms with E-state index in [1.165, 1.54) is 0 Å². The van der Waals surface area contributed by atoms with Gasteiger partial charge < -0.3 is 28.7 Å². The number of ether oxygens (including phenoxy) is 2. The van der Waals surface area contributed by atoms with Gasteiger partial charge in [-0.05, 0) is 77.7 Å². The lowest BCUT2D eigenvalue weighted by atomic mass is 9.75. The van der Waals surface area contributed by atoms with E-state index in [1.807, 2.05) is 60.0 Å². The lowest BCUT2D eigenvalue weighted by molar-refractivity contribution is 0.0326. The van der Waals surface area contributed by atoms with Crippen LogP contribution in [0.5, 0.6) is 5.75 Å². The normalized spacial score (nSPS) is 22.4.